The fraction of sp³-hybridized carbons (Fsp3) is 0.0833. The van der Waals surface area contributed by atoms with Crippen LogP contribution >= 0.6 is 27.3 Å². The second kappa shape index (κ2) is 6.66. The molecule has 7 nitrogen and oxygen atoms in total. The Kier molecular flexibility index (Phi) is 4.89. The van der Waals surface area contributed by atoms with E-state index in [1.165, 1.54) is 29.5 Å². The molecule has 0 aliphatic heterocycles. The van der Waals surface area contributed by atoms with Crippen LogP contribution in [0.1, 0.15) is 15.2 Å². The van der Waals surface area contributed by atoms with E-state index in [9.17, 15) is 14.9 Å². The molecule has 0 atom stereocenters. The third-order valence-corrected chi connectivity index (χ3v) is 4.35. The summed E-state index contributed by atoms with van der Waals surface area (Å²) < 4.78 is 0.950. The molecule has 0 radical (unpaired) electrons. The summed E-state index contributed by atoms with van der Waals surface area (Å²) in [6.45, 7) is 0.361. The molecule has 110 valence electrons. The largest absolute Gasteiger partial charge is 0.347 e. The highest BCUT2D eigenvalue weighted by molar-refractivity contribution is 9.10. The molecule has 0 unspecified atom stereocenters. The first-order valence-corrected chi connectivity index (χ1v) is 7.44. The van der Waals surface area contributed by atoms with E-state index in [0.717, 1.165) is 9.35 Å². The van der Waals surface area contributed by atoms with Crippen molar-refractivity contribution in [1.82, 2.24) is 5.32 Å². The summed E-state index contributed by atoms with van der Waals surface area (Å²) in [5.41, 5.74) is 2.34. The van der Waals surface area contributed by atoms with Crippen LogP contribution < -0.4 is 16.6 Å². The minimum absolute atomic E-state index is 0.152. The summed E-state index contributed by atoms with van der Waals surface area (Å²) in [7, 11) is 0. The first-order valence-electron chi connectivity index (χ1n) is 5.77. The van der Waals surface area contributed by atoms with Gasteiger partial charge in [-0.05, 0) is 34.1 Å². The van der Waals surface area contributed by atoms with E-state index in [2.05, 4.69) is 26.7 Å². The van der Waals surface area contributed by atoms with Gasteiger partial charge in [-0.3, -0.25) is 20.8 Å². The first-order chi connectivity index (χ1) is 10.0. The maximum Gasteiger partial charge on any atom is 0.294 e. The second-order valence-electron chi connectivity index (χ2n) is 4.05. The van der Waals surface area contributed by atoms with E-state index in [1.807, 2.05) is 11.4 Å². The number of thiophene rings is 1. The highest BCUT2D eigenvalue weighted by atomic mass is 79.9. The number of nitrogens with two attached hydrogens (primary N) is 1. The van der Waals surface area contributed by atoms with Gasteiger partial charge in [-0.25, -0.2) is 0 Å². The number of nitrogens with one attached hydrogen (secondary N) is 2. The lowest BCUT2D eigenvalue weighted by molar-refractivity contribution is -0.384. The summed E-state index contributed by atoms with van der Waals surface area (Å²) in [6.07, 6.45) is 0. The molecule has 0 saturated heterocycles. The van der Waals surface area contributed by atoms with Gasteiger partial charge in [0, 0.05) is 26.4 Å². The van der Waals surface area contributed by atoms with Gasteiger partial charge in [-0.2, -0.15) is 0 Å². The molecule has 21 heavy (non-hydrogen) atoms. The number of carbonyl (C=O) groups is 1. The lowest BCUT2D eigenvalue weighted by atomic mass is 10.1. The van der Waals surface area contributed by atoms with Gasteiger partial charge in [0.25, 0.3) is 11.6 Å². The quantitative estimate of drug-likeness (QED) is 0.425. The molecule has 2 rings (SSSR count). The van der Waals surface area contributed by atoms with Gasteiger partial charge in [0.05, 0.1) is 11.5 Å². The van der Waals surface area contributed by atoms with E-state index < -0.39 is 4.92 Å². The van der Waals surface area contributed by atoms with E-state index in [4.69, 9.17) is 5.84 Å². The van der Waals surface area contributed by atoms with Crippen molar-refractivity contribution in [3.8, 4) is 0 Å². The number of rotatable bonds is 5. The molecule has 1 aromatic carbocycles. The summed E-state index contributed by atoms with van der Waals surface area (Å²) >= 11 is 4.83. The van der Waals surface area contributed by atoms with Crippen molar-refractivity contribution in [2.24, 2.45) is 5.84 Å². The predicted octanol–water partition coefficient (Wildman–Crippen LogP) is 2.63. The van der Waals surface area contributed by atoms with Crippen molar-refractivity contribution in [2.75, 3.05) is 5.43 Å². The number of hydrogen-bond donors (Lipinski definition) is 3. The van der Waals surface area contributed by atoms with Crippen LogP contribution in [0.5, 0.6) is 0 Å². The highest BCUT2D eigenvalue weighted by Crippen LogP contribution is 2.25. The SMILES string of the molecule is NNc1ccc(C(=O)NCc2cc(Br)cs2)cc1[N+](=O)[O-]. The van der Waals surface area contributed by atoms with Crippen LogP contribution in [0.4, 0.5) is 11.4 Å². The fourth-order valence-electron chi connectivity index (χ4n) is 1.66. The normalized spacial score (nSPS) is 10.2. The Morgan fingerprint density at radius 2 is 2.19 bits per heavy atom. The summed E-state index contributed by atoms with van der Waals surface area (Å²) in [5.74, 6) is 4.81. The molecule has 1 aromatic heterocycles. The Labute approximate surface area is 132 Å². The van der Waals surface area contributed by atoms with Crippen molar-refractivity contribution < 1.29 is 9.72 Å². The van der Waals surface area contributed by atoms with Crippen molar-refractivity contribution >= 4 is 44.5 Å². The Hall–Kier alpha value is -1.97. The van der Waals surface area contributed by atoms with Gasteiger partial charge in [-0.15, -0.1) is 11.3 Å². The van der Waals surface area contributed by atoms with Crippen molar-refractivity contribution in [1.29, 1.82) is 0 Å². The van der Waals surface area contributed by atoms with Gasteiger partial charge in [0.1, 0.15) is 5.69 Å². The molecule has 1 heterocycles. The number of benzene rings is 1. The van der Waals surface area contributed by atoms with Gasteiger partial charge >= 0.3 is 0 Å². The summed E-state index contributed by atoms with van der Waals surface area (Å²) in [4.78, 5) is 23.3. The number of carbonyl (C=O) groups excluding carboxylic acids is 1. The van der Waals surface area contributed by atoms with Crippen LogP contribution in [0.2, 0.25) is 0 Å². The van der Waals surface area contributed by atoms with Crippen LogP contribution in [-0.4, -0.2) is 10.8 Å². The summed E-state index contributed by atoms with van der Waals surface area (Å²) in [6, 6.07) is 5.96. The smallest absolute Gasteiger partial charge is 0.294 e. The van der Waals surface area contributed by atoms with Crippen LogP contribution in [0.15, 0.2) is 34.1 Å². The van der Waals surface area contributed by atoms with Gasteiger partial charge in [0.2, 0.25) is 0 Å². The zero-order chi connectivity index (χ0) is 15.4. The standard InChI is InChI=1S/C12H11BrN4O3S/c13-8-4-9(21-6-8)5-15-12(18)7-1-2-10(16-14)11(3-7)17(19)20/h1-4,6,16H,5,14H2,(H,15,18). The maximum absolute atomic E-state index is 12.0. The van der Waals surface area contributed by atoms with Crippen molar-refractivity contribution in [2.45, 2.75) is 6.54 Å². The average Bonchev–Trinajstić information content (AvgIpc) is 2.89. The van der Waals surface area contributed by atoms with Crippen molar-refractivity contribution in [3.05, 3.63) is 54.7 Å². The van der Waals surface area contributed by atoms with Crippen LogP contribution in [0, 0.1) is 10.1 Å². The van der Waals surface area contributed by atoms with E-state index in [-0.39, 0.29) is 22.8 Å². The highest BCUT2D eigenvalue weighted by Gasteiger charge is 2.17. The number of hydrogen-bond acceptors (Lipinski definition) is 6. The van der Waals surface area contributed by atoms with E-state index in [0.29, 0.717) is 6.54 Å². The van der Waals surface area contributed by atoms with Crippen molar-refractivity contribution in [3.63, 3.8) is 0 Å². The third kappa shape index (κ3) is 3.78. The zero-order valence-corrected chi connectivity index (χ0v) is 13.0. The second-order valence-corrected chi connectivity index (χ2v) is 5.96. The fourth-order valence-corrected chi connectivity index (χ4v) is 3.05. The van der Waals surface area contributed by atoms with Gasteiger partial charge in [0.15, 0.2) is 0 Å². The van der Waals surface area contributed by atoms with Gasteiger partial charge in [-0.1, -0.05) is 0 Å². The Morgan fingerprint density at radius 1 is 1.43 bits per heavy atom. The van der Waals surface area contributed by atoms with E-state index in [1.54, 1.807) is 0 Å². The lowest BCUT2D eigenvalue weighted by Gasteiger charge is -2.06. The topological polar surface area (TPSA) is 110 Å². The Balaban J connectivity index is 2.12. The molecule has 0 fully saturated rings. The van der Waals surface area contributed by atoms with Crippen LogP contribution in [0.25, 0.3) is 0 Å². The minimum Gasteiger partial charge on any atom is -0.347 e. The number of nitrogen functional groups attached to an aromatic ring is 1. The molecular weight excluding hydrogens is 360 g/mol. The molecule has 0 aliphatic rings. The lowest BCUT2D eigenvalue weighted by Crippen LogP contribution is -2.22. The number of amides is 1. The molecular formula is C12H11BrN4O3S. The number of nitro benzene ring substituents is 1. The molecule has 0 saturated carbocycles. The summed E-state index contributed by atoms with van der Waals surface area (Å²) in [5, 5.41) is 15.5. The molecule has 0 spiro atoms. The van der Waals surface area contributed by atoms with E-state index >= 15 is 0 Å². The zero-order valence-electron chi connectivity index (χ0n) is 10.6. The number of anilines is 1. The Bertz CT molecular complexity index is 689. The van der Waals surface area contributed by atoms with Crippen LogP contribution in [-0.2, 0) is 6.54 Å². The monoisotopic (exact) mass is 370 g/mol. The molecule has 1 amide bonds. The number of halogens is 1. The molecule has 4 N–H and O–H groups in total. The Morgan fingerprint density at radius 3 is 2.76 bits per heavy atom. The third-order valence-electron chi connectivity index (χ3n) is 2.66. The maximum atomic E-state index is 12.0. The molecule has 9 heteroatoms. The van der Waals surface area contributed by atoms with Crippen LogP contribution in [0.3, 0.4) is 0 Å². The average molecular weight is 371 g/mol. The molecule has 0 bridgehead atoms. The molecule has 2 aromatic rings. The minimum atomic E-state index is -0.595. The molecule has 0 aliphatic carbocycles. The number of nitro groups is 1. The predicted molar refractivity (Wildman–Crippen MR) is 84.1 cm³/mol. The number of hydrazine groups is 1. The first kappa shape index (κ1) is 15.4. The van der Waals surface area contributed by atoms with Gasteiger partial charge < -0.3 is 10.7 Å². The number of nitrogens with zero attached hydrogens (tertiary/aromatic N) is 1.